The maximum absolute atomic E-state index is 13.0. The molecule has 0 unspecified atom stereocenters. The summed E-state index contributed by atoms with van der Waals surface area (Å²) in [6.07, 6.45) is 0.888. The molecule has 22 heavy (non-hydrogen) atoms. The number of rotatable bonds is 1. The number of para-hydroxylation sites is 2. The van der Waals surface area contributed by atoms with E-state index < -0.39 is 0 Å². The van der Waals surface area contributed by atoms with Crippen molar-refractivity contribution >= 4 is 34.1 Å². The molecular weight excluding hydrogens is 296 g/mol. The highest BCUT2D eigenvalue weighted by Crippen LogP contribution is 2.31. The van der Waals surface area contributed by atoms with Crippen LogP contribution in [0, 0.1) is 0 Å². The number of hydrogen-bond donors (Lipinski definition) is 0. The highest BCUT2D eigenvalue weighted by Gasteiger charge is 2.26. The van der Waals surface area contributed by atoms with Crippen molar-refractivity contribution in [2.45, 2.75) is 6.42 Å². The summed E-state index contributed by atoms with van der Waals surface area (Å²) in [5, 5.41) is 1.18. The number of carbonyl (C=O) groups is 1. The molecule has 1 amide bonds. The van der Waals surface area contributed by atoms with Gasteiger partial charge in [-0.2, -0.15) is 0 Å². The molecule has 0 spiro atoms. The number of amides is 1. The van der Waals surface area contributed by atoms with Gasteiger partial charge in [0.25, 0.3) is 5.91 Å². The van der Waals surface area contributed by atoms with Crippen LogP contribution in [-0.2, 0) is 6.42 Å². The Bertz CT molecular complexity index is 891. The summed E-state index contributed by atoms with van der Waals surface area (Å²) in [4.78, 5) is 19.1. The van der Waals surface area contributed by atoms with Crippen LogP contribution < -0.4 is 4.90 Å². The monoisotopic (exact) mass is 308 g/mol. The minimum atomic E-state index is -0.0227. The number of carbonyl (C=O) groups excluding carboxylic acids is 1. The van der Waals surface area contributed by atoms with Gasteiger partial charge < -0.3 is 4.90 Å². The molecule has 4 rings (SSSR count). The van der Waals surface area contributed by atoms with Gasteiger partial charge in [-0.15, -0.1) is 0 Å². The summed E-state index contributed by atoms with van der Waals surface area (Å²) < 4.78 is 0. The standard InChI is InChI=1S/C18H13ClN2O/c19-17-11-14(13-6-2-3-7-15(13)20-17)18(22)21-10-9-12-5-1-4-8-16(12)21/h1-8,11H,9-10H2. The van der Waals surface area contributed by atoms with Crippen LogP contribution >= 0.6 is 11.6 Å². The van der Waals surface area contributed by atoms with Gasteiger partial charge in [0.05, 0.1) is 11.1 Å². The molecule has 1 aromatic heterocycles. The summed E-state index contributed by atoms with van der Waals surface area (Å²) in [5.74, 6) is -0.0227. The van der Waals surface area contributed by atoms with Crippen molar-refractivity contribution in [2.24, 2.45) is 0 Å². The lowest BCUT2D eigenvalue weighted by atomic mass is 10.1. The number of anilines is 1. The zero-order valence-electron chi connectivity index (χ0n) is 11.8. The summed E-state index contributed by atoms with van der Waals surface area (Å²) in [6, 6.07) is 17.3. The van der Waals surface area contributed by atoms with E-state index in [4.69, 9.17) is 11.6 Å². The highest BCUT2D eigenvalue weighted by molar-refractivity contribution is 6.30. The third-order valence-corrected chi connectivity index (χ3v) is 4.24. The molecule has 0 N–H and O–H groups in total. The first-order valence-electron chi connectivity index (χ1n) is 7.19. The van der Waals surface area contributed by atoms with Crippen LogP contribution in [0.4, 0.5) is 5.69 Å². The molecule has 3 aromatic rings. The summed E-state index contributed by atoms with van der Waals surface area (Å²) in [6.45, 7) is 0.701. The first-order chi connectivity index (χ1) is 10.7. The van der Waals surface area contributed by atoms with Gasteiger partial charge in [0.2, 0.25) is 0 Å². The lowest BCUT2D eigenvalue weighted by molar-refractivity contribution is 0.0991. The van der Waals surface area contributed by atoms with Crippen molar-refractivity contribution in [3.63, 3.8) is 0 Å². The predicted molar refractivity (Wildman–Crippen MR) is 88.6 cm³/mol. The van der Waals surface area contributed by atoms with Crippen LogP contribution in [0.5, 0.6) is 0 Å². The Hall–Kier alpha value is -2.39. The van der Waals surface area contributed by atoms with Gasteiger partial charge >= 0.3 is 0 Å². The van der Waals surface area contributed by atoms with Crippen molar-refractivity contribution in [3.05, 3.63) is 70.9 Å². The van der Waals surface area contributed by atoms with Gasteiger partial charge in [0.15, 0.2) is 0 Å². The van der Waals surface area contributed by atoms with E-state index in [0.717, 1.165) is 23.0 Å². The van der Waals surface area contributed by atoms with Crippen molar-refractivity contribution in [2.75, 3.05) is 11.4 Å². The normalized spacial score (nSPS) is 13.4. The van der Waals surface area contributed by atoms with Crippen LogP contribution in [0.25, 0.3) is 10.9 Å². The van der Waals surface area contributed by atoms with Crippen LogP contribution in [-0.4, -0.2) is 17.4 Å². The fourth-order valence-electron chi connectivity index (χ4n) is 3.01. The van der Waals surface area contributed by atoms with Gasteiger partial charge in [-0.3, -0.25) is 4.79 Å². The number of pyridine rings is 1. The van der Waals surface area contributed by atoms with Crippen LogP contribution in [0.1, 0.15) is 15.9 Å². The number of hydrogen-bond acceptors (Lipinski definition) is 2. The first kappa shape index (κ1) is 13.3. The first-order valence-corrected chi connectivity index (χ1v) is 7.57. The van der Waals surface area contributed by atoms with E-state index in [9.17, 15) is 4.79 Å². The molecule has 3 nitrogen and oxygen atoms in total. The Morgan fingerprint density at radius 3 is 2.77 bits per heavy atom. The molecule has 1 aliphatic heterocycles. The second-order valence-electron chi connectivity index (χ2n) is 5.35. The predicted octanol–water partition coefficient (Wildman–Crippen LogP) is 4.09. The molecule has 2 heterocycles. The van der Waals surface area contributed by atoms with Gasteiger partial charge in [0, 0.05) is 17.6 Å². The minimum absolute atomic E-state index is 0.0227. The largest absolute Gasteiger partial charge is 0.308 e. The van der Waals surface area contributed by atoms with Gasteiger partial charge in [-0.05, 0) is 30.2 Å². The van der Waals surface area contributed by atoms with E-state index in [1.54, 1.807) is 6.07 Å². The molecule has 0 bridgehead atoms. The summed E-state index contributed by atoms with van der Waals surface area (Å²) in [5.41, 5.74) is 3.54. The molecule has 108 valence electrons. The van der Waals surface area contributed by atoms with Crippen molar-refractivity contribution in [1.82, 2.24) is 4.98 Å². The fraction of sp³-hybridized carbons (Fsp3) is 0.111. The number of nitrogens with zero attached hydrogens (tertiary/aromatic N) is 2. The van der Waals surface area contributed by atoms with E-state index in [2.05, 4.69) is 11.1 Å². The molecule has 4 heteroatoms. The lowest BCUT2D eigenvalue weighted by Gasteiger charge is -2.18. The lowest BCUT2D eigenvalue weighted by Crippen LogP contribution is -2.29. The summed E-state index contributed by atoms with van der Waals surface area (Å²) in [7, 11) is 0. The SMILES string of the molecule is O=C(c1cc(Cl)nc2ccccc12)N1CCc2ccccc21. The number of benzene rings is 2. The minimum Gasteiger partial charge on any atom is -0.308 e. The Morgan fingerprint density at radius 1 is 1.09 bits per heavy atom. The van der Waals surface area contributed by atoms with E-state index in [-0.39, 0.29) is 5.91 Å². The quantitative estimate of drug-likeness (QED) is 0.634. The van der Waals surface area contributed by atoms with E-state index in [1.165, 1.54) is 5.56 Å². The molecule has 0 saturated heterocycles. The van der Waals surface area contributed by atoms with Gasteiger partial charge in [0.1, 0.15) is 5.15 Å². The number of aromatic nitrogens is 1. The molecule has 0 aliphatic carbocycles. The van der Waals surface area contributed by atoms with Crippen molar-refractivity contribution in [1.29, 1.82) is 0 Å². The third kappa shape index (κ3) is 2.06. The van der Waals surface area contributed by atoms with Gasteiger partial charge in [-0.25, -0.2) is 4.98 Å². The molecule has 1 aliphatic rings. The van der Waals surface area contributed by atoms with Crippen molar-refractivity contribution in [3.8, 4) is 0 Å². The third-order valence-electron chi connectivity index (χ3n) is 4.05. The zero-order valence-corrected chi connectivity index (χ0v) is 12.5. The fourth-order valence-corrected chi connectivity index (χ4v) is 3.21. The van der Waals surface area contributed by atoms with E-state index in [0.29, 0.717) is 17.3 Å². The average molecular weight is 309 g/mol. The number of fused-ring (bicyclic) bond motifs is 2. The zero-order chi connectivity index (χ0) is 15.1. The topological polar surface area (TPSA) is 33.2 Å². The smallest absolute Gasteiger partial charge is 0.259 e. The highest BCUT2D eigenvalue weighted by atomic mass is 35.5. The maximum Gasteiger partial charge on any atom is 0.259 e. The van der Waals surface area contributed by atoms with Crippen LogP contribution in [0.3, 0.4) is 0 Å². The Balaban J connectivity index is 1.85. The second kappa shape index (κ2) is 5.11. The average Bonchev–Trinajstić information content (AvgIpc) is 2.97. The van der Waals surface area contributed by atoms with E-state index >= 15 is 0 Å². The number of halogens is 1. The molecule has 0 atom stereocenters. The van der Waals surface area contributed by atoms with Crippen LogP contribution in [0.2, 0.25) is 5.15 Å². The summed E-state index contributed by atoms with van der Waals surface area (Å²) >= 11 is 6.09. The Morgan fingerprint density at radius 2 is 1.86 bits per heavy atom. The molecular formula is C18H13ClN2O. The van der Waals surface area contributed by atoms with Gasteiger partial charge in [-0.1, -0.05) is 48.0 Å². The van der Waals surface area contributed by atoms with Crippen LogP contribution in [0.15, 0.2) is 54.6 Å². The maximum atomic E-state index is 13.0. The Kier molecular flexibility index (Phi) is 3.09. The van der Waals surface area contributed by atoms with E-state index in [1.807, 2.05) is 47.4 Å². The molecule has 0 saturated carbocycles. The molecule has 2 aromatic carbocycles. The molecule has 0 fully saturated rings. The Labute approximate surface area is 133 Å². The van der Waals surface area contributed by atoms with Crippen molar-refractivity contribution < 1.29 is 4.79 Å². The molecule has 0 radical (unpaired) electrons. The second-order valence-corrected chi connectivity index (χ2v) is 5.73.